The van der Waals surface area contributed by atoms with E-state index in [1.165, 1.54) is 0 Å². The summed E-state index contributed by atoms with van der Waals surface area (Å²) in [7, 11) is 0. The molecule has 1 aromatic rings. The largest absolute Gasteiger partial charge is 0.237 e. The van der Waals surface area contributed by atoms with Gasteiger partial charge in [0.1, 0.15) is 0 Å². The molecule has 0 bridgehead atoms. The predicted octanol–water partition coefficient (Wildman–Crippen LogP) is 3.50. The molecule has 0 aliphatic rings. The van der Waals surface area contributed by atoms with Gasteiger partial charge in [0, 0.05) is 8.59 Å². The first-order valence-corrected chi connectivity index (χ1v) is 4.02. The van der Waals surface area contributed by atoms with Crippen LogP contribution in [0.5, 0.6) is 0 Å². The molecule has 0 amide bonds. The summed E-state index contributed by atoms with van der Waals surface area (Å²) in [5, 5.41) is 0.678. The second kappa shape index (κ2) is 3.22. The van der Waals surface area contributed by atoms with Crippen LogP contribution in [-0.4, -0.2) is 0 Å². The van der Waals surface area contributed by atoms with Crippen LogP contribution in [0.25, 0.3) is 4.85 Å². The molecule has 1 rings (SSSR count). The minimum absolute atomic E-state index is 0.657. The highest BCUT2D eigenvalue weighted by Gasteiger charge is 1.97. The number of nitrogens with zero attached hydrogens (tertiary/aromatic N) is 1. The fraction of sp³-hybridized carbons (Fsp3) is 0. The van der Waals surface area contributed by atoms with Crippen LogP contribution in [0, 0.1) is 10.1 Å². The molecule has 0 heterocycles. The fourth-order valence-corrected chi connectivity index (χ4v) is 1.56. The van der Waals surface area contributed by atoms with Gasteiger partial charge in [-0.3, -0.25) is 0 Å². The van der Waals surface area contributed by atoms with E-state index in [0.717, 1.165) is 3.57 Å². The summed E-state index contributed by atoms with van der Waals surface area (Å²) in [6.07, 6.45) is 0. The van der Waals surface area contributed by atoms with Crippen LogP contribution in [0.1, 0.15) is 0 Å². The van der Waals surface area contributed by atoms with Gasteiger partial charge < -0.3 is 0 Å². The molecule has 0 saturated heterocycles. The molecule has 0 atom stereocenters. The molecule has 0 fully saturated rings. The quantitative estimate of drug-likeness (QED) is 0.498. The van der Waals surface area contributed by atoms with Crippen molar-refractivity contribution in [1.29, 1.82) is 0 Å². The third-order valence-corrected chi connectivity index (χ3v) is 2.13. The van der Waals surface area contributed by atoms with E-state index < -0.39 is 0 Å². The Hall–Kier alpha value is -0.270. The van der Waals surface area contributed by atoms with Crippen LogP contribution in [0.2, 0.25) is 5.02 Å². The predicted molar refractivity (Wildman–Crippen MR) is 50.4 cm³/mol. The van der Waals surface area contributed by atoms with Crippen LogP contribution in [-0.2, 0) is 0 Å². The molecular formula is C7H3ClIN. The topological polar surface area (TPSA) is 4.36 Å². The zero-order chi connectivity index (χ0) is 7.56. The molecule has 0 aromatic heterocycles. The van der Waals surface area contributed by atoms with Crippen molar-refractivity contribution < 1.29 is 0 Å². The summed E-state index contributed by atoms with van der Waals surface area (Å²) in [5.74, 6) is 0. The number of rotatable bonds is 0. The van der Waals surface area contributed by atoms with E-state index >= 15 is 0 Å². The van der Waals surface area contributed by atoms with Crippen molar-refractivity contribution in [3.05, 3.63) is 38.2 Å². The van der Waals surface area contributed by atoms with Gasteiger partial charge in [0.25, 0.3) is 0 Å². The van der Waals surface area contributed by atoms with Crippen molar-refractivity contribution in [3.63, 3.8) is 0 Å². The first kappa shape index (κ1) is 7.83. The summed E-state index contributed by atoms with van der Waals surface area (Å²) in [4.78, 5) is 3.30. The lowest BCUT2D eigenvalue weighted by molar-refractivity contribution is 1.66. The first-order valence-electron chi connectivity index (χ1n) is 2.56. The molecule has 0 aliphatic carbocycles. The Morgan fingerprint density at radius 2 is 2.20 bits per heavy atom. The minimum Gasteiger partial charge on any atom is -0.237 e. The number of hydrogen-bond donors (Lipinski definition) is 0. The van der Waals surface area contributed by atoms with E-state index in [1.807, 2.05) is 0 Å². The Balaban J connectivity index is 3.23. The molecule has 3 heteroatoms. The molecule has 0 aliphatic heterocycles. The Morgan fingerprint density at radius 1 is 1.50 bits per heavy atom. The van der Waals surface area contributed by atoms with Gasteiger partial charge in [0.2, 0.25) is 0 Å². The molecule has 0 unspecified atom stereocenters. The summed E-state index contributed by atoms with van der Waals surface area (Å²) in [6, 6.07) is 5.21. The average molecular weight is 263 g/mol. The van der Waals surface area contributed by atoms with Crippen molar-refractivity contribution >= 4 is 39.9 Å². The second-order valence-corrected chi connectivity index (χ2v) is 3.31. The minimum atomic E-state index is 0.657. The summed E-state index contributed by atoms with van der Waals surface area (Å²) >= 11 is 7.75. The lowest BCUT2D eigenvalue weighted by Crippen LogP contribution is -1.69. The van der Waals surface area contributed by atoms with E-state index in [0.29, 0.717) is 10.7 Å². The summed E-state index contributed by atoms with van der Waals surface area (Å²) in [5.41, 5.74) is 0.657. The van der Waals surface area contributed by atoms with Crippen molar-refractivity contribution in [1.82, 2.24) is 0 Å². The van der Waals surface area contributed by atoms with E-state index in [1.54, 1.807) is 18.2 Å². The average Bonchev–Trinajstić information content (AvgIpc) is 1.88. The van der Waals surface area contributed by atoms with Gasteiger partial charge in [-0.25, -0.2) is 4.85 Å². The van der Waals surface area contributed by atoms with E-state index in [-0.39, 0.29) is 0 Å². The Morgan fingerprint density at radius 3 is 2.70 bits per heavy atom. The van der Waals surface area contributed by atoms with Crippen LogP contribution in [0.4, 0.5) is 5.69 Å². The molecular weight excluding hydrogens is 260 g/mol. The highest BCUT2D eigenvalue weighted by Crippen LogP contribution is 2.24. The molecule has 0 N–H and O–H groups in total. The van der Waals surface area contributed by atoms with Gasteiger partial charge in [-0.15, -0.1) is 0 Å². The Labute approximate surface area is 78.0 Å². The lowest BCUT2D eigenvalue weighted by atomic mass is 10.3. The summed E-state index contributed by atoms with van der Waals surface area (Å²) < 4.78 is 0.903. The SMILES string of the molecule is [C-]#[N+]c1ccc(Cl)cc1I. The van der Waals surface area contributed by atoms with Crippen molar-refractivity contribution in [2.75, 3.05) is 0 Å². The van der Waals surface area contributed by atoms with Crippen molar-refractivity contribution in [3.8, 4) is 0 Å². The third kappa shape index (κ3) is 1.61. The second-order valence-electron chi connectivity index (χ2n) is 1.71. The fourth-order valence-electron chi connectivity index (χ4n) is 0.572. The van der Waals surface area contributed by atoms with Crippen molar-refractivity contribution in [2.24, 2.45) is 0 Å². The molecule has 0 saturated carbocycles. The lowest BCUT2D eigenvalue weighted by Gasteiger charge is -1.93. The van der Waals surface area contributed by atoms with Crippen LogP contribution >= 0.6 is 34.2 Å². The maximum absolute atomic E-state index is 6.73. The molecule has 1 nitrogen and oxygen atoms in total. The van der Waals surface area contributed by atoms with E-state index in [4.69, 9.17) is 18.2 Å². The van der Waals surface area contributed by atoms with Gasteiger partial charge in [-0.05, 0) is 6.07 Å². The standard InChI is InChI=1S/C7H3ClIN/c1-10-7-3-2-5(8)4-6(7)9/h2-4H. The van der Waals surface area contributed by atoms with Gasteiger partial charge in [-0.2, -0.15) is 0 Å². The zero-order valence-corrected chi connectivity index (χ0v) is 7.85. The maximum Gasteiger partial charge on any atom is 0.200 e. The smallest absolute Gasteiger partial charge is 0.200 e. The van der Waals surface area contributed by atoms with Gasteiger partial charge in [0.05, 0.1) is 6.57 Å². The Kier molecular flexibility index (Phi) is 2.52. The maximum atomic E-state index is 6.73. The van der Waals surface area contributed by atoms with Gasteiger partial charge in [0.15, 0.2) is 5.69 Å². The summed E-state index contributed by atoms with van der Waals surface area (Å²) in [6.45, 7) is 6.73. The van der Waals surface area contributed by atoms with Crippen molar-refractivity contribution in [2.45, 2.75) is 0 Å². The molecule has 50 valence electrons. The third-order valence-electron chi connectivity index (χ3n) is 1.03. The Bertz CT molecular complexity index is 290. The molecule has 1 aromatic carbocycles. The molecule has 0 radical (unpaired) electrons. The highest BCUT2D eigenvalue weighted by atomic mass is 127. The van der Waals surface area contributed by atoms with Gasteiger partial charge in [-0.1, -0.05) is 46.3 Å². The zero-order valence-electron chi connectivity index (χ0n) is 4.94. The number of halogens is 2. The number of hydrogen-bond acceptors (Lipinski definition) is 0. The van der Waals surface area contributed by atoms with E-state index in [2.05, 4.69) is 27.4 Å². The highest BCUT2D eigenvalue weighted by molar-refractivity contribution is 14.1. The van der Waals surface area contributed by atoms with Gasteiger partial charge >= 0.3 is 0 Å². The van der Waals surface area contributed by atoms with Crippen LogP contribution < -0.4 is 0 Å². The van der Waals surface area contributed by atoms with E-state index in [9.17, 15) is 0 Å². The molecule has 0 spiro atoms. The number of benzene rings is 1. The normalized spacial score (nSPS) is 8.90. The van der Waals surface area contributed by atoms with Crippen LogP contribution in [0.3, 0.4) is 0 Å². The van der Waals surface area contributed by atoms with Crippen LogP contribution in [0.15, 0.2) is 18.2 Å². The molecule has 10 heavy (non-hydrogen) atoms. The first-order chi connectivity index (χ1) is 4.74. The monoisotopic (exact) mass is 263 g/mol.